The standard InChI is InChI=1S/C11H11N3O4/c12-7-3-1-2-6(9(7)10(16)17)5-14-8(15)4-13-11(14)18/h1-3H,4-5,12H2,(H,13,18)(H,16,17). The van der Waals surface area contributed by atoms with Crippen LogP contribution in [0.15, 0.2) is 18.2 Å². The van der Waals surface area contributed by atoms with Crippen LogP contribution in [0.4, 0.5) is 10.5 Å². The van der Waals surface area contributed by atoms with Gasteiger partial charge in [0.2, 0.25) is 5.91 Å². The summed E-state index contributed by atoms with van der Waals surface area (Å²) in [6.45, 7) is -0.166. The molecule has 0 spiro atoms. The maximum absolute atomic E-state index is 11.4. The number of nitrogens with zero attached hydrogens (tertiary/aromatic N) is 1. The Bertz CT molecular complexity index is 525. The normalized spacial score (nSPS) is 14.8. The highest BCUT2D eigenvalue weighted by Crippen LogP contribution is 2.19. The Morgan fingerprint density at radius 2 is 2.17 bits per heavy atom. The molecule has 7 heteroatoms. The van der Waals surface area contributed by atoms with Crippen molar-refractivity contribution in [3.05, 3.63) is 29.3 Å². The molecule has 1 aromatic rings. The van der Waals surface area contributed by atoms with Gasteiger partial charge >= 0.3 is 12.0 Å². The van der Waals surface area contributed by atoms with Crippen LogP contribution in [0.3, 0.4) is 0 Å². The molecule has 0 saturated carbocycles. The number of nitrogens with two attached hydrogens (primary N) is 1. The minimum absolute atomic E-state index is 0.0659. The van der Waals surface area contributed by atoms with Gasteiger partial charge in [0.1, 0.15) is 0 Å². The zero-order valence-corrected chi connectivity index (χ0v) is 9.34. The zero-order chi connectivity index (χ0) is 13.3. The fourth-order valence-electron chi connectivity index (χ4n) is 1.80. The summed E-state index contributed by atoms with van der Waals surface area (Å²) >= 11 is 0. The molecule has 94 valence electrons. The van der Waals surface area contributed by atoms with Gasteiger partial charge in [-0.2, -0.15) is 0 Å². The van der Waals surface area contributed by atoms with Gasteiger partial charge in [0, 0.05) is 5.69 Å². The van der Waals surface area contributed by atoms with E-state index in [0.29, 0.717) is 5.56 Å². The second kappa shape index (κ2) is 4.36. The van der Waals surface area contributed by atoms with Gasteiger partial charge in [-0.15, -0.1) is 0 Å². The number of hydrogen-bond donors (Lipinski definition) is 3. The van der Waals surface area contributed by atoms with E-state index in [4.69, 9.17) is 10.8 Å². The average Bonchev–Trinajstić information content (AvgIpc) is 2.60. The van der Waals surface area contributed by atoms with Crippen LogP contribution >= 0.6 is 0 Å². The summed E-state index contributed by atoms with van der Waals surface area (Å²) in [5.74, 6) is -1.58. The minimum atomic E-state index is -1.19. The fraction of sp³-hybridized carbons (Fsp3) is 0.182. The molecule has 1 saturated heterocycles. The Labute approximate surface area is 102 Å². The Morgan fingerprint density at radius 3 is 2.72 bits per heavy atom. The van der Waals surface area contributed by atoms with E-state index in [-0.39, 0.29) is 24.3 Å². The molecule has 7 nitrogen and oxygen atoms in total. The second-order valence-electron chi connectivity index (χ2n) is 3.83. The molecule has 3 amide bonds. The van der Waals surface area contributed by atoms with E-state index in [9.17, 15) is 14.4 Å². The molecule has 0 bridgehead atoms. The molecule has 4 N–H and O–H groups in total. The number of imide groups is 1. The molecule has 0 atom stereocenters. The van der Waals surface area contributed by atoms with Crippen LogP contribution in [0.25, 0.3) is 0 Å². The average molecular weight is 249 g/mol. The first-order valence-corrected chi connectivity index (χ1v) is 5.19. The highest BCUT2D eigenvalue weighted by atomic mass is 16.4. The molecular formula is C11H11N3O4. The molecule has 1 heterocycles. The maximum atomic E-state index is 11.4. The lowest BCUT2D eigenvalue weighted by atomic mass is 10.1. The van der Waals surface area contributed by atoms with E-state index in [1.54, 1.807) is 6.07 Å². The van der Waals surface area contributed by atoms with E-state index < -0.39 is 17.9 Å². The van der Waals surface area contributed by atoms with E-state index in [2.05, 4.69) is 5.32 Å². The lowest BCUT2D eigenvalue weighted by molar-refractivity contribution is -0.125. The third-order valence-electron chi connectivity index (χ3n) is 2.66. The van der Waals surface area contributed by atoms with Crippen molar-refractivity contribution < 1.29 is 19.5 Å². The second-order valence-corrected chi connectivity index (χ2v) is 3.83. The molecule has 1 aromatic carbocycles. The monoisotopic (exact) mass is 249 g/mol. The van der Waals surface area contributed by atoms with E-state index in [0.717, 1.165) is 4.90 Å². The van der Waals surface area contributed by atoms with E-state index >= 15 is 0 Å². The van der Waals surface area contributed by atoms with Gasteiger partial charge in [-0.05, 0) is 11.6 Å². The fourth-order valence-corrected chi connectivity index (χ4v) is 1.80. The number of rotatable bonds is 3. The number of carboxylic acids is 1. The zero-order valence-electron chi connectivity index (χ0n) is 9.34. The summed E-state index contributed by atoms with van der Waals surface area (Å²) in [6.07, 6.45) is 0. The maximum Gasteiger partial charge on any atom is 0.338 e. The predicted octanol–water partition coefficient (Wildman–Crippen LogP) is 0.0188. The lowest BCUT2D eigenvalue weighted by Gasteiger charge is -2.15. The van der Waals surface area contributed by atoms with E-state index in [1.165, 1.54) is 12.1 Å². The van der Waals surface area contributed by atoms with Gasteiger partial charge in [0.25, 0.3) is 0 Å². The Hall–Kier alpha value is -2.57. The minimum Gasteiger partial charge on any atom is -0.478 e. The Morgan fingerprint density at radius 1 is 1.44 bits per heavy atom. The van der Waals surface area contributed by atoms with Crippen molar-refractivity contribution in [1.29, 1.82) is 0 Å². The third kappa shape index (κ3) is 1.97. The third-order valence-corrected chi connectivity index (χ3v) is 2.66. The number of amides is 3. The smallest absolute Gasteiger partial charge is 0.338 e. The SMILES string of the molecule is Nc1cccc(CN2C(=O)CNC2=O)c1C(=O)O. The highest BCUT2D eigenvalue weighted by Gasteiger charge is 2.29. The summed E-state index contributed by atoms with van der Waals surface area (Å²) in [4.78, 5) is 34.8. The van der Waals surface area contributed by atoms with Crippen molar-refractivity contribution in [2.45, 2.75) is 6.54 Å². The van der Waals surface area contributed by atoms with Crippen LogP contribution in [-0.4, -0.2) is 34.5 Å². The summed E-state index contributed by atoms with van der Waals surface area (Å²) in [5.41, 5.74) is 5.93. The molecule has 1 aliphatic heterocycles. The van der Waals surface area contributed by atoms with E-state index in [1.807, 2.05) is 0 Å². The molecule has 18 heavy (non-hydrogen) atoms. The van der Waals surface area contributed by atoms with Gasteiger partial charge in [0.15, 0.2) is 0 Å². The summed E-state index contributed by atoms with van der Waals surface area (Å²) in [6, 6.07) is 4.03. The number of anilines is 1. The van der Waals surface area contributed by atoms with Gasteiger partial charge in [-0.1, -0.05) is 12.1 Å². The topological polar surface area (TPSA) is 113 Å². The van der Waals surface area contributed by atoms with Crippen LogP contribution < -0.4 is 11.1 Å². The quantitative estimate of drug-likeness (QED) is 0.516. The number of nitrogen functional groups attached to an aromatic ring is 1. The van der Waals surface area contributed by atoms with Gasteiger partial charge in [-0.3, -0.25) is 9.69 Å². The van der Waals surface area contributed by atoms with Crippen LogP contribution in [-0.2, 0) is 11.3 Å². The summed E-state index contributed by atoms with van der Waals surface area (Å²) in [5, 5.41) is 11.4. The first kappa shape index (κ1) is 11.9. The first-order chi connectivity index (χ1) is 8.50. The van der Waals surface area contributed by atoms with Gasteiger partial charge < -0.3 is 16.2 Å². The number of urea groups is 1. The number of hydrogen-bond acceptors (Lipinski definition) is 4. The Kier molecular flexibility index (Phi) is 2.88. The predicted molar refractivity (Wildman–Crippen MR) is 61.8 cm³/mol. The van der Waals surface area contributed by atoms with Crippen LogP contribution in [0.2, 0.25) is 0 Å². The number of carbonyl (C=O) groups excluding carboxylic acids is 2. The van der Waals surface area contributed by atoms with Crippen molar-refractivity contribution in [3.63, 3.8) is 0 Å². The van der Waals surface area contributed by atoms with Crippen LogP contribution in [0.5, 0.6) is 0 Å². The number of nitrogens with one attached hydrogen (secondary N) is 1. The van der Waals surface area contributed by atoms with Crippen molar-refractivity contribution in [1.82, 2.24) is 10.2 Å². The van der Waals surface area contributed by atoms with Crippen molar-refractivity contribution in [2.75, 3.05) is 12.3 Å². The largest absolute Gasteiger partial charge is 0.478 e. The van der Waals surface area contributed by atoms with Gasteiger partial charge in [-0.25, -0.2) is 9.59 Å². The molecular weight excluding hydrogens is 238 g/mol. The molecule has 1 fully saturated rings. The van der Waals surface area contributed by atoms with Crippen LogP contribution in [0, 0.1) is 0 Å². The van der Waals surface area contributed by atoms with Gasteiger partial charge in [0.05, 0.1) is 18.7 Å². The Balaban J connectivity index is 2.35. The number of benzene rings is 1. The molecule has 0 unspecified atom stereocenters. The number of carbonyl (C=O) groups is 3. The molecule has 2 rings (SSSR count). The molecule has 0 radical (unpaired) electrons. The number of carboxylic acid groups (broad SMARTS) is 1. The van der Waals surface area contributed by atoms with Crippen molar-refractivity contribution in [3.8, 4) is 0 Å². The molecule has 1 aliphatic rings. The highest BCUT2D eigenvalue weighted by molar-refractivity contribution is 6.02. The molecule has 0 aliphatic carbocycles. The summed E-state index contributed by atoms with van der Waals surface area (Å²) in [7, 11) is 0. The summed E-state index contributed by atoms with van der Waals surface area (Å²) < 4.78 is 0. The molecule has 0 aromatic heterocycles. The lowest BCUT2D eigenvalue weighted by Crippen LogP contribution is -2.31. The number of aromatic carboxylic acids is 1. The van der Waals surface area contributed by atoms with Crippen molar-refractivity contribution in [2.24, 2.45) is 0 Å². The first-order valence-electron chi connectivity index (χ1n) is 5.19. The van der Waals surface area contributed by atoms with Crippen LogP contribution in [0.1, 0.15) is 15.9 Å². The van der Waals surface area contributed by atoms with Crippen molar-refractivity contribution >= 4 is 23.6 Å².